The summed E-state index contributed by atoms with van der Waals surface area (Å²) in [6.45, 7) is 0. The van der Waals surface area contributed by atoms with Gasteiger partial charge in [0.2, 0.25) is 0 Å². The Hall–Kier alpha value is -1.91. The Morgan fingerprint density at radius 3 is 1.89 bits per heavy atom. The molecule has 13 heteroatoms. The van der Waals surface area contributed by atoms with Crippen molar-refractivity contribution in [1.82, 2.24) is 0 Å². The van der Waals surface area contributed by atoms with E-state index in [2.05, 4.69) is 9.99 Å². The molecule has 148 valence electrons. The predicted molar refractivity (Wildman–Crippen MR) is 87.8 cm³/mol. The topological polar surface area (TPSA) is 64.7 Å². The summed E-state index contributed by atoms with van der Waals surface area (Å²) >= 11 is 15.8. The minimum Gasteiger partial charge on any atom is -0.381 e. The maximum atomic E-state index is 12.7. The van der Waals surface area contributed by atoms with Gasteiger partial charge in [-0.15, -0.1) is 0 Å². The van der Waals surface area contributed by atoms with Crippen LogP contribution in [0.25, 0.3) is 6.08 Å². The third-order valence-corrected chi connectivity index (χ3v) is 3.55. The molecule has 0 aliphatic rings. The molecule has 0 atom stereocenters. The number of benzene rings is 1. The van der Waals surface area contributed by atoms with Gasteiger partial charge in [0.15, 0.2) is 10.9 Å². The monoisotopic (exact) mass is 454 g/mol. The number of oxime groups is 1. The molecule has 27 heavy (non-hydrogen) atoms. The van der Waals surface area contributed by atoms with E-state index in [1.165, 1.54) is 0 Å². The summed E-state index contributed by atoms with van der Waals surface area (Å²) in [5.41, 5.74) is 1.83. The number of hydrogen-bond donors (Lipinski definition) is 1. The second-order valence-corrected chi connectivity index (χ2v) is 5.97. The fraction of sp³-hybridized carbons (Fsp3) is 0.143. The summed E-state index contributed by atoms with van der Waals surface area (Å²) in [7, 11) is 0. The first-order valence-corrected chi connectivity index (χ1v) is 7.58. The van der Waals surface area contributed by atoms with Gasteiger partial charge in [-0.25, -0.2) is 4.79 Å². The van der Waals surface area contributed by atoms with Crippen LogP contribution in [-0.2, 0) is 22.0 Å². The van der Waals surface area contributed by atoms with Gasteiger partial charge in [-0.1, -0.05) is 46.0 Å². The van der Waals surface area contributed by atoms with Crippen LogP contribution in [0.5, 0.6) is 0 Å². The Kier molecular flexibility index (Phi) is 7.58. The highest BCUT2D eigenvalue weighted by Gasteiger charge is 2.36. The van der Waals surface area contributed by atoms with Gasteiger partial charge in [-0.2, -0.15) is 26.3 Å². The normalized spacial score (nSPS) is 13.0. The standard InChI is InChI=1S/C14H7Cl3F6N2O2/c15-10(11(16)17)12(26)27-25-9(24)2-1-6-3-7(13(18,19)20)5-8(4-6)14(21,22)23/h1-5H,(H2,24,25). The molecule has 0 fully saturated rings. The highest BCUT2D eigenvalue weighted by Crippen LogP contribution is 2.36. The largest absolute Gasteiger partial charge is 0.416 e. The SMILES string of the molecule is NC(C=Cc1cc(C(F)(F)F)cc(C(F)(F)F)c1)=NOC(=O)C(Cl)=C(Cl)Cl. The first-order chi connectivity index (χ1) is 12.2. The van der Waals surface area contributed by atoms with Crippen LogP contribution in [0.15, 0.2) is 39.0 Å². The summed E-state index contributed by atoms with van der Waals surface area (Å²) in [4.78, 5) is 15.5. The summed E-state index contributed by atoms with van der Waals surface area (Å²) < 4.78 is 75.9. The number of alkyl halides is 6. The lowest BCUT2D eigenvalue weighted by Gasteiger charge is -2.12. The Morgan fingerprint density at radius 2 is 1.48 bits per heavy atom. The number of nitrogens with two attached hydrogens (primary N) is 1. The summed E-state index contributed by atoms with van der Waals surface area (Å²) in [6, 6.07) is 0.913. The maximum absolute atomic E-state index is 12.7. The molecular weight excluding hydrogens is 449 g/mol. The fourth-order valence-corrected chi connectivity index (χ4v) is 1.69. The average molecular weight is 456 g/mol. The lowest BCUT2D eigenvalue weighted by Crippen LogP contribution is -2.12. The van der Waals surface area contributed by atoms with E-state index in [1.54, 1.807) is 0 Å². The van der Waals surface area contributed by atoms with Crippen molar-refractivity contribution in [2.45, 2.75) is 12.4 Å². The molecule has 0 amide bonds. The molecule has 0 saturated heterocycles. The summed E-state index contributed by atoms with van der Waals surface area (Å²) in [5, 5.41) is 2.35. The molecule has 0 saturated carbocycles. The van der Waals surface area contributed by atoms with Crippen LogP contribution in [0.3, 0.4) is 0 Å². The van der Waals surface area contributed by atoms with Crippen LogP contribution >= 0.6 is 34.8 Å². The Bertz CT molecular complexity index is 780. The zero-order valence-corrected chi connectivity index (χ0v) is 14.9. The number of carbonyl (C=O) groups is 1. The smallest absolute Gasteiger partial charge is 0.381 e. The van der Waals surface area contributed by atoms with Gasteiger partial charge < -0.3 is 10.6 Å². The van der Waals surface area contributed by atoms with Crippen LogP contribution < -0.4 is 5.73 Å². The van der Waals surface area contributed by atoms with Crippen molar-refractivity contribution >= 4 is 52.7 Å². The number of carbonyl (C=O) groups excluding carboxylic acids is 1. The number of nitrogens with zero attached hydrogens (tertiary/aromatic N) is 1. The quantitative estimate of drug-likeness (QED) is 0.164. The second-order valence-electron chi connectivity index (χ2n) is 4.64. The van der Waals surface area contributed by atoms with Crippen molar-refractivity contribution in [3.05, 3.63) is 50.5 Å². The number of halogens is 9. The first kappa shape index (κ1) is 23.1. The van der Waals surface area contributed by atoms with Crippen molar-refractivity contribution in [3.8, 4) is 0 Å². The van der Waals surface area contributed by atoms with Crippen molar-refractivity contribution in [2.75, 3.05) is 0 Å². The lowest BCUT2D eigenvalue weighted by molar-refractivity contribution is -0.143. The molecule has 0 aliphatic carbocycles. The van der Waals surface area contributed by atoms with Gasteiger partial charge in [-0.05, 0) is 29.8 Å². The van der Waals surface area contributed by atoms with Gasteiger partial charge >= 0.3 is 18.3 Å². The molecule has 1 aromatic rings. The van der Waals surface area contributed by atoms with Crippen LogP contribution in [0.1, 0.15) is 16.7 Å². The average Bonchev–Trinajstić information content (AvgIpc) is 2.55. The molecule has 0 aromatic heterocycles. The number of rotatable bonds is 4. The van der Waals surface area contributed by atoms with Crippen molar-refractivity contribution < 1.29 is 36.0 Å². The van der Waals surface area contributed by atoms with Gasteiger partial charge in [0.05, 0.1) is 11.1 Å². The molecule has 0 radical (unpaired) electrons. The molecule has 0 aliphatic heterocycles. The Morgan fingerprint density at radius 1 is 1.00 bits per heavy atom. The molecule has 0 heterocycles. The molecule has 2 N–H and O–H groups in total. The van der Waals surface area contributed by atoms with Crippen LogP contribution in [0.2, 0.25) is 0 Å². The van der Waals surface area contributed by atoms with Crippen LogP contribution in [0, 0.1) is 0 Å². The third-order valence-electron chi connectivity index (χ3n) is 2.64. The van der Waals surface area contributed by atoms with Gasteiger partial charge in [0.1, 0.15) is 4.49 Å². The van der Waals surface area contributed by atoms with Crippen molar-refractivity contribution in [3.63, 3.8) is 0 Å². The van der Waals surface area contributed by atoms with Crippen molar-refractivity contribution in [1.29, 1.82) is 0 Å². The molecule has 1 aromatic carbocycles. The van der Waals surface area contributed by atoms with Gasteiger partial charge in [-0.3, -0.25) is 0 Å². The van der Waals surface area contributed by atoms with E-state index < -0.39 is 50.4 Å². The minimum absolute atomic E-state index is 0.0270. The van der Waals surface area contributed by atoms with Gasteiger partial charge in [0, 0.05) is 0 Å². The lowest BCUT2D eigenvalue weighted by atomic mass is 10.0. The van der Waals surface area contributed by atoms with E-state index in [4.69, 9.17) is 40.5 Å². The summed E-state index contributed by atoms with van der Waals surface area (Å²) in [6.07, 6.45) is -8.38. The van der Waals surface area contributed by atoms with Crippen LogP contribution in [0.4, 0.5) is 26.3 Å². The molecule has 0 bridgehead atoms. The predicted octanol–water partition coefficient (Wildman–Crippen LogP) is 5.44. The zero-order valence-electron chi connectivity index (χ0n) is 12.6. The molecule has 1 rings (SSSR count). The van der Waals surface area contributed by atoms with E-state index in [1.807, 2.05) is 0 Å². The van der Waals surface area contributed by atoms with Crippen molar-refractivity contribution in [2.24, 2.45) is 10.9 Å². The fourth-order valence-electron chi connectivity index (χ4n) is 1.50. The van der Waals surface area contributed by atoms with Gasteiger partial charge in [0.25, 0.3) is 0 Å². The van der Waals surface area contributed by atoms with Crippen LogP contribution in [-0.4, -0.2) is 11.8 Å². The summed E-state index contributed by atoms with van der Waals surface area (Å²) in [5.74, 6) is -1.85. The van der Waals surface area contributed by atoms with E-state index in [0.29, 0.717) is 12.1 Å². The minimum atomic E-state index is -5.00. The van der Waals surface area contributed by atoms with E-state index >= 15 is 0 Å². The Labute approximate surface area is 162 Å². The highest BCUT2D eigenvalue weighted by molar-refractivity contribution is 6.62. The highest BCUT2D eigenvalue weighted by atomic mass is 35.5. The van der Waals surface area contributed by atoms with E-state index in [0.717, 1.165) is 12.2 Å². The molecular formula is C14H7Cl3F6N2O2. The third kappa shape index (κ3) is 7.31. The molecule has 0 spiro atoms. The zero-order chi connectivity index (χ0) is 21.0. The first-order valence-electron chi connectivity index (χ1n) is 6.45. The number of amidine groups is 1. The maximum Gasteiger partial charge on any atom is 0.416 e. The Balaban J connectivity index is 3.11. The number of hydrogen-bond acceptors (Lipinski definition) is 3. The molecule has 4 nitrogen and oxygen atoms in total. The van der Waals surface area contributed by atoms with E-state index in [-0.39, 0.29) is 6.07 Å². The molecule has 0 unspecified atom stereocenters. The van der Waals surface area contributed by atoms with E-state index in [9.17, 15) is 31.1 Å². The second kappa shape index (κ2) is 8.85.